The van der Waals surface area contributed by atoms with Crippen molar-refractivity contribution in [2.45, 2.75) is 97.7 Å². The van der Waals surface area contributed by atoms with Crippen LogP contribution in [0, 0.1) is 6.92 Å². The first-order valence-corrected chi connectivity index (χ1v) is 13.6. The quantitative estimate of drug-likeness (QED) is 0.168. The smallest absolute Gasteiger partial charge is 0.413 e. The van der Waals surface area contributed by atoms with Crippen LogP contribution in [-0.4, -0.2) is 78.5 Å². The molecule has 3 amide bonds. The normalized spacial score (nSPS) is 17.7. The Labute approximate surface area is 241 Å². The van der Waals surface area contributed by atoms with Gasteiger partial charge in [0.15, 0.2) is 10.8 Å². The maximum atomic E-state index is 13.4. The van der Waals surface area contributed by atoms with Gasteiger partial charge in [-0.25, -0.2) is 14.6 Å². The van der Waals surface area contributed by atoms with Crippen LogP contribution in [0.3, 0.4) is 0 Å². The Bertz CT molecular complexity index is 1340. The maximum absolute atomic E-state index is 13.4. The lowest BCUT2D eigenvalue weighted by atomic mass is 9.98. The zero-order valence-electron chi connectivity index (χ0n) is 24.5. The van der Waals surface area contributed by atoms with Gasteiger partial charge >= 0.3 is 12.1 Å². The summed E-state index contributed by atoms with van der Waals surface area (Å²) in [7, 11) is 0. The monoisotopic (exact) mass is 592 g/mol. The number of nitrogens with zero attached hydrogens (tertiary/aromatic N) is 5. The van der Waals surface area contributed by atoms with Crippen molar-refractivity contribution in [2.75, 3.05) is 5.32 Å². The number of anilines is 1. The van der Waals surface area contributed by atoms with E-state index < -0.39 is 52.8 Å². The summed E-state index contributed by atoms with van der Waals surface area (Å²) in [6.07, 6.45) is 0.841. The molecule has 1 saturated heterocycles. The van der Waals surface area contributed by atoms with Gasteiger partial charge in [-0.1, -0.05) is 5.16 Å². The number of amides is 3. The molecule has 3 rings (SSSR count). The average molecular weight is 593 g/mol. The highest BCUT2D eigenvalue weighted by molar-refractivity contribution is 7.14. The van der Waals surface area contributed by atoms with Crippen LogP contribution < -0.4 is 16.0 Å². The van der Waals surface area contributed by atoms with E-state index in [1.165, 1.54) is 24.0 Å². The first kappa shape index (κ1) is 31.4. The number of carbonyl (C=O) groups is 4. The molecule has 0 aliphatic carbocycles. The summed E-state index contributed by atoms with van der Waals surface area (Å²) in [6, 6.07) is -1.41. The molecule has 0 aromatic carbocycles. The number of hydrogen-bond donors (Lipinski definition) is 3. The largest absolute Gasteiger partial charge is 0.457 e. The third-order valence-corrected chi connectivity index (χ3v) is 5.89. The molecule has 2 atom stereocenters. The summed E-state index contributed by atoms with van der Waals surface area (Å²) < 4.78 is 10.6. The molecule has 0 bridgehead atoms. The molecule has 2 aromatic heterocycles. The Morgan fingerprint density at radius 2 is 1.76 bits per heavy atom. The van der Waals surface area contributed by atoms with E-state index in [1.54, 1.807) is 54.7 Å². The second-order valence-electron chi connectivity index (χ2n) is 11.8. The molecule has 15 nitrogen and oxygen atoms in total. The number of β-lactam (4-membered cyclic amide) rings is 1. The minimum atomic E-state index is -1.58. The molecule has 1 aliphatic rings. The fourth-order valence-corrected chi connectivity index (χ4v) is 3.93. The van der Waals surface area contributed by atoms with Gasteiger partial charge in [-0.05, 0) is 62.3 Å². The Balaban J connectivity index is 1.83. The van der Waals surface area contributed by atoms with Gasteiger partial charge in [0.25, 0.3) is 5.91 Å². The van der Waals surface area contributed by atoms with Crippen LogP contribution in [0.2, 0.25) is 0 Å². The van der Waals surface area contributed by atoms with Gasteiger partial charge in [0.2, 0.25) is 11.5 Å². The molecule has 0 radical (unpaired) electrons. The van der Waals surface area contributed by atoms with Crippen molar-refractivity contribution in [3.8, 4) is 0 Å². The summed E-state index contributed by atoms with van der Waals surface area (Å²) in [4.78, 5) is 61.8. The lowest BCUT2D eigenvalue weighted by Crippen LogP contribution is -2.70. The number of nitrogens with one attached hydrogen (secondary N) is 3. The topological polar surface area (TPSA) is 188 Å². The number of aromatic nitrogens is 4. The number of carbonyl (C=O) groups excluding carboxylic acids is 4. The third kappa shape index (κ3) is 8.96. The first-order valence-electron chi connectivity index (χ1n) is 12.8. The van der Waals surface area contributed by atoms with Gasteiger partial charge in [-0.15, -0.1) is 11.3 Å². The van der Waals surface area contributed by atoms with Gasteiger partial charge in [0.05, 0.1) is 24.5 Å². The summed E-state index contributed by atoms with van der Waals surface area (Å²) >= 11 is 1.01. The predicted molar refractivity (Wildman–Crippen MR) is 148 cm³/mol. The molecular weight excluding hydrogens is 556 g/mol. The van der Waals surface area contributed by atoms with Gasteiger partial charge in [0, 0.05) is 5.38 Å². The van der Waals surface area contributed by atoms with Gasteiger partial charge in [-0.2, -0.15) is 15.0 Å². The number of aryl methyl sites for hydroxylation is 1. The highest BCUT2D eigenvalue weighted by Crippen LogP contribution is 2.21. The average Bonchev–Trinajstić information content (AvgIpc) is 3.43. The molecule has 0 saturated carbocycles. The fraction of sp³-hybridized carbons (Fsp3) is 0.600. The van der Waals surface area contributed by atoms with E-state index in [0.717, 1.165) is 11.3 Å². The molecule has 0 unspecified atom stereocenters. The number of esters is 1. The summed E-state index contributed by atoms with van der Waals surface area (Å²) in [5.74, 6) is -1.92. The zero-order chi connectivity index (χ0) is 30.8. The van der Waals surface area contributed by atoms with Gasteiger partial charge in [-0.3, -0.25) is 14.9 Å². The number of thiazole rings is 1. The van der Waals surface area contributed by atoms with Crippen LogP contribution in [-0.2, 0) is 35.2 Å². The minimum absolute atomic E-state index is 0.0270. The summed E-state index contributed by atoms with van der Waals surface area (Å²) in [5, 5.41) is 21.7. The van der Waals surface area contributed by atoms with Crippen molar-refractivity contribution in [3.63, 3.8) is 0 Å². The van der Waals surface area contributed by atoms with Crippen molar-refractivity contribution < 1.29 is 33.5 Å². The van der Waals surface area contributed by atoms with Crippen molar-refractivity contribution in [1.29, 1.82) is 0 Å². The highest BCUT2D eigenvalue weighted by atomic mass is 32.1. The highest BCUT2D eigenvalue weighted by Gasteiger charge is 2.42. The van der Waals surface area contributed by atoms with Crippen LogP contribution in [0.4, 0.5) is 9.93 Å². The Morgan fingerprint density at radius 1 is 1.10 bits per heavy atom. The fourth-order valence-electron chi connectivity index (χ4n) is 3.25. The summed E-state index contributed by atoms with van der Waals surface area (Å²) in [5.41, 5.74) is -2.70. The molecule has 1 aliphatic heterocycles. The molecule has 224 valence electrons. The third-order valence-electron chi connectivity index (χ3n) is 5.14. The minimum Gasteiger partial charge on any atom is -0.457 e. The zero-order valence-corrected chi connectivity index (χ0v) is 25.3. The Kier molecular flexibility index (Phi) is 9.05. The van der Waals surface area contributed by atoms with Crippen LogP contribution in [0.1, 0.15) is 66.8 Å². The molecule has 16 heteroatoms. The molecule has 3 heterocycles. The van der Waals surface area contributed by atoms with E-state index >= 15 is 0 Å². The Morgan fingerprint density at radius 3 is 2.32 bits per heavy atom. The number of hydrogen-bond acceptors (Lipinski definition) is 12. The van der Waals surface area contributed by atoms with E-state index in [-0.39, 0.29) is 23.1 Å². The molecule has 41 heavy (non-hydrogen) atoms. The molecule has 3 N–H and O–H groups in total. The van der Waals surface area contributed by atoms with Crippen molar-refractivity contribution in [2.24, 2.45) is 5.16 Å². The lowest BCUT2D eigenvalue weighted by Gasteiger charge is -2.36. The van der Waals surface area contributed by atoms with Crippen LogP contribution >= 0.6 is 11.3 Å². The van der Waals surface area contributed by atoms with Crippen LogP contribution in [0.15, 0.2) is 16.7 Å². The van der Waals surface area contributed by atoms with Crippen LogP contribution in [0.25, 0.3) is 0 Å². The molecule has 1 fully saturated rings. The number of oxime groups is 1. The predicted octanol–water partition coefficient (Wildman–Crippen LogP) is 1.91. The second-order valence-corrected chi connectivity index (χ2v) is 12.7. The standard InChI is InChI=1S/C25H36N8O7S/c1-13-10-26-33(31-13)11-14-16(18(34)27-14)29-19(35)17(32-40-25(8,9)20(36)38-23(2,3)4)15-12-41-21(28-15)30-22(37)39-24(5,6)7/h10,12,14,16H,11H2,1-9H3,(H,27,34)(H,29,35)(H,28,30,37)/b32-17-/t14-,16+/m1/s1. The second kappa shape index (κ2) is 11.8. The van der Waals surface area contributed by atoms with Gasteiger partial charge < -0.3 is 24.9 Å². The lowest BCUT2D eigenvalue weighted by molar-refractivity contribution is -0.179. The van der Waals surface area contributed by atoms with Crippen molar-refractivity contribution in [3.05, 3.63) is 23.0 Å². The van der Waals surface area contributed by atoms with Gasteiger partial charge in [0.1, 0.15) is 22.9 Å². The molecule has 2 aromatic rings. The van der Waals surface area contributed by atoms with E-state index in [1.807, 2.05) is 0 Å². The first-order chi connectivity index (χ1) is 18.8. The van der Waals surface area contributed by atoms with Crippen LogP contribution in [0.5, 0.6) is 0 Å². The maximum Gasteiger partial charge on any atom is 0.413 e. The summed E-state index contributed by atoms with van der Waals surface area (Å²) in [6.45, 7) is 15.1. The number of rotatable bonds is 9. The Hall–Kier alpha value is -4.08. The van der Waals surface area contributed by atoms with E-state index in [2.05, 4.69) is 36.3 Å². The SMILES string of the molecule is Cc1cnn(C[C@H]2NC(=O)[C@H]2NC(=O)/C(=N\OC(C)(C)C(=O)OC(C)(C)C)c2csc(NC(=O)OC(C)(C)C)n2)n1. The van der Waals surface area contributed by atoms with Crippen molar-refractivity contribution >= 4 is 46.1 Å². The molecular formula is C25H36N8O7S. The number of ether oxygens (including phenoxy) is 2. The van der Waals surface area contributed by atoms with E-state index in [0.29, 0.717) is 5.69 Å². The molecule has 0 spiro atoms. The van der Waals surface area contributed by atoms with E-state index in [4.69, 9.17) is 14.3 Å². The van der Waals surface area contributed by atoms with E-state index in [9.17, 15) is 19.2 Å². The van der Waals surface area contributed by atoms with Crippen molar-refractivity contribution in [1.82, 2.24) is 30.6 Å².